The molecule has 0 spiro atoms. The molecule has 8 heteroatoms. The molecule has 0 aromatic heterocycles. The van der Waals surface area contributed by atoms with Gasteiger partial charge in [0.2, 0.25) is 5.82 Å². The van der Waals surface area contributed by atoms with Crippen LogP contribution in [0.1, 0.15) is 63.4 Å². The van der Waals surface area contributed by atoms with Crippen LogP contribution in [0.15, 0.2) is 24.3 Å². The number of halogens is 5. The molecule has 2 rings (SSSR count). The van der Waals surface area contributed by atoms with Gasteiger partial charge >= 0.3 is 0 Å². The van der Waals surface area contributed by atoms with Gasteiger partial charge in [-0.1, -0.05) is 69.7 Å². The highest BCUT2D eigenvalue weighted by Gasteiger charge is 2.34. The third-order valence-electron chi connectivity index (χ3n) is 5.10. The number of hydrogen-bond donors (Lipinski definition) is 3. The molecule has 0 radical (unpaired) electrons. The molecule has 1 unspecified atom stereocenters. The van der Waals surface area contributed by atoms with E-state index >= 15 is 0 Å². The van der Waals surface area contributed by atoms with Crippen LogP contribution in [0.2, 0.25) is 0 Å². The van der Waals surface area contributed by atoms with Gasteiger partial charge in [-0.05, 0) is 17.5 Å². The average Bonchev–Trinajstić information content (AvgIpc) is 2.69. The van der Waals surface area contributed by atoms with E-state index in [-0.39, 0.29) is 17.5 Å². The number of benzene rings is 2. The van der Waals surface area contributed by atoms with E-state index < -0.39 is 46.5 Å². The van der Waals surface area contributed by atoms with Gasteiger partial charge in [-0.3, -0.25) is 0 Å². The van der Waals surface area contributed by atoms with Crippen LogP contribution in [-0.4, -0.2) is 21.3 Å². The molecule has 0 aliphatic heterocycles. The van der Waals surface area contributed by atoms with Crippen molar-refractivity contribution in [2.75, 3.05) is 0 Å². The van der Waals surface area contributed by atoms with Crippen LogP contribution in [0, 0.1) is 29.1 Å². The standard InChI is InChI=1S/C22H25F5O3/c1-2-3-4-5-6-7-11-15(22(28,29)30)13-9-8-10-14(12-13)16-17(23)19(25)21(27)20(26)18(16)24/h8-10,12,15,28-30H,2-7,11H2,1H3. The minimum Gasteiger partial charge on any atom is -0.343 e. The molecule has 0 saturated carbocycles. The minimum atomic E-state index is -3.11. The van der Waals surface area contributed by atoms with E-state index in [0.29, 0.717) is 6.42 Å². The van der Waals surface area contributed by atoms with Crippen LogP contribution in [0.25, 0.3) is 11.1 Å². The van der Waals surface area contributed by atoms with Gasteiger partial charge < -0.3 is 15.3 Å². The molecule has 2 aromatic rings. The second-order valence-corrected chi connectivity index (χ2v) is 7.37. The molecule has 3 nitrogen and oxygen atoms in total. The molecule has 1 atom stereocenters. The van der Waals surface area contributed by atoms with Crippen LogP contribution in [-0.2, 0) is 0 Å². The Morgan fingerprint density at radius 3 is 1.87 bits per heavy atom. The third kappa shape index (κ3) is 5.56. The second kappa shape index (κ2) is 10.3. The highest BCUT2D eigenvalue weighted by Crippen LogP contribution is 2.36. The fourth-order valence-corrected chi connectivity index (χ4v) is 3.48. The lowest BCUT2D eigenvalue weighted by Crippen LogP contribution is -2.35. The summed E-state index contributed by atoms with van der Waals surface area (Å²) in [6.45, 7) is 2.07. The second-order valence-electron chi connectivity index (χ2n) is 7.37. The predicted octanol–water partition coefficient (Wildman–Crippen LogP) is 5.51. The van der Waals surface area contributed by atoms with Gasteiger partial charge in [0.1, 0.15) is 0 Å². The maximum atomic E-state index is 14.1. The number of aliphatic hydroxyl groups is 3. The van der Waals surface area contributed by atoms with Crippen molar-refractivity contribution in [3.8, 4) is 11.1 Å². The van der Waals surface area contributed by atoms with Gasteiger partial charge in [0.05, 0.1) is 11.5 Å². The Labute approximate surface area is 171 Å². The summed E-state index contributed by atoms with van der Waals surface area (Å²) in [7, 11) is 0. The summed E-state index contributed by atoms with van der Waals surface area (Å²) in [5.41, 5.74) is -1.36. The zero-order valence-corrected chi connectivity index (χ0v) is 16.6. The quantitative estimate of drug-likeness (QED) is 0.152. The van der Waals surface area contributed by atoms with Gasteiger partial charge in [-0.2, -0.15) is 0 Å². The zero-order chi connectivity index (χ0) is 22.5. The van der Waals surface area contributed by atoms with Gasteiger partial charge in [-0.15, -0.1) is 0 Å². The van der Waals surface area contributed by atoms with Crippen molar-refractivity contribution in [3.05, 3.63) is 58.9 Å². The predicted molar refractivity (Wildman–Crippen MR) is 102 cm³/mol. The summed E-state index contributed by atoms with van der Waals surface area (Å²) < 4.78 is 68.7. The molecule has 0 fully saturated rings. The summed E-state index contributed by atoms with van der Waals surface area (Å²) in [5, 5.41) is 29.3. The molecular formula is C22H25F5O3. The molecule has 0 bridgehead atoms. The van der Waals surface area contributed by atoms with Gasteiger partial charge in [0, 0.05) is 0 Å². The van der Waals surface area contributed by atoms with Crippen molar-refractivity contribution in [1.82, 2.24) is 0 Å². The normalized spacial score (nSPS) is 13.0. The van der Waals surface area contributed by atoms with Crippen molar-refractivity contribution >= 4 is 0 Å². The molecule has 0 saturated heterocycles. The molecule has 0 aliphatic rings. The topological polar surface area (TPSA) is 60.7 Å². The Morgan fingerprint density at radius 2 is 1.30 bits per heavy atom. The van der Waals surface area contributed by atoms with E-state index in [0.717, 1.165) is 44.2 Å². The Hall–Kier alpha value is -2.03. The first-order valence-corrected chi connectivity index (χ1v) is 9.88. The average molecular weight is 432 g/mol. The van der Waals surface area contributed by atoms with Gasteiger partial charge in [0.15, 0.2) is 23.3 Å². The fraction of sp³-hybridized carbons (Fsp3) is 0.455. The monoisotopic (exact) mass is 432 g/mol. The summed E-state index contributed by atoms with van der Waals surface area (Å²) in [4.78, 5) is 0. The summed E-state index contributed by atoms with van der Waals surface area (Å²) >= 11 is 0. The van der Waals surface area contributed by atoms with Crippen LogP contribution in [0.5, 0.6) is 0 Å². The lowest BCUT2D eigenvalue weighted by atomic mass is 9.88. The molecular weight excluding hydrogens is 407 g/mol. The van der Waals surface area contributed by atoms with Crippen molar-refractivity contribution in [1.29, 1.82) is 0 Å². The van der Waals surface area contributed by atoms with E-state index in [1.54, 1.807) is 0 Å². The number of hydrogen-bond acceptors (Lipinski definition) is 3. The van der Waals surface area contributed by atoms with Crippen molar-refractivity contribution < 1.29 is 37.3 Å². The third-order valence-corrected chi connectivity index (χ3v) is 5.10. The highest BCUT2D eigenvalue weighted by molar-refractivity contribution is 5.66. The maximum absolute atomic E-state index is 14.1. The van der Waals surface area contributed by atoms with Crippen LogP contribution >= 0.6 is 0 Å². The van der Waals surface area contributed by atoms with E-state index in [1.165, 1.54) is 12.1 Å². The zero-order valence-electron chi connectivity index (χ0n) is 16.6. The molecule has 30 heavy (non-hydrogen) atoms. The maximum Gasteiger partial charge on any atom is 0.282 e. The van der Waals surface area contributed by atoms with Crippen molar-refractivity contribution in [2.24, 2.45) is 0 Å². The minimum absolute atomic E-state index is 0.0949. The Morgan fingerprint density at radius 1 is 0.767 bits per heavy atom. The first-order chi connectivity index (χ1) is 14.1. The summed E-state index contributed by atoms with van der Waals surface area (Å²) in [5.74, 6) is -14.7. The lowest BCUT2D eigenvalue weighted by molar-refractivity contribution is -0.326. The van der Waals surface area contributed by atoms with Crippen molar-refractivity contribution in [2.45, 2.75) is 63.8 Å². The SMILES string of the molecule is CCCCCCCCC(c1cccc(-c2c(F)c(F)c(F)c(F)c2F)c1)C(O)(O)O. The lowest BCUT2D eigenvalue weighted by Gasteiger charge is -2.27. The van der Waals surface area contributed by atoms with Gasteiger partial charge in [0.25, 0.3) is 5.97 Å². The van der Waals surface area contributed by atoms with E-state index in [4.69, 9.17) is 0 Å². The summed E-state index contributed by atoms with van der Waals surface area (Å²) in [6, 6.07) is 4.88. The first kappa shape index (κ1) is 24.2. The highest BCUT2D eigenvalue weighted by atomic mass is 19.2. The molecule has 166 valence electrons. The van der Waals surface area contributed by atoms with Crippen LogP contribution < -0.4 is 0 Å². The number of unbranched alkanes of at least 4 members (excludes halogenated alkanes) is 5. The fourth-order valence-electron chi connectivity index (χ4n) is 3.48. The number of rotatable bonds is 10. The van der Waals surface area contributed by atoms with Crippen molar-refractivity contribution in [3.63, 3.8) is 0 Å². The first-order valence-electron chi connectivity index (χ1n) is 9.88. The Balaban J connectivity index is 2.34. The molecule has 0 aliphatic carbocycles. The molecule has 0 amide bonds. The van der Waals surface area contributed by atoms with Gasteiger partial charge in [-0.25, -0.2) is 22.0 Å². The van der Waals surface area contributed by atoms with E-state index in [9.17, 15) is 37.3 Å². The van der Waals surface area contributed by atoms with E-state index in [1.807, 2.05) is 0 Å². The Kier molecular flexibility index (Phi) is 8.34. The summed E-state index contributed by atoms with van der Waals surface area (Å²) in [6.07, 6.45) is 5.59. The van der Waals surface area contributed by atoms with Crippen LogP contribution in [0.4, 0.5) is 22.0 Å². The molecule has 0 heterocycles. The molecule has 2 aromatic carbocycles. The van der Waals surface area contributed by atoms with E-state index in [2.05, 4.69) is 6.92 Å². The smallest absolute Gasteiger partial charge is 0.282 e. The Bertz CT molecular complexity index is 836. The van der Waals surface area contributed by atoms with Crippen LogP contribution in [0.3, 0.4) is 0 Å². The molecule has 3 N–H and O–H groups in total. The largest absolute Gasteiger partial charge is 0.343 e.